The van der Waals surface area contributed by atoms with E-state index in [0.717, 1.165) is 5.56 Å². The van der Waals surface area contributed by atoms with E-state index in [4.69, 9.17) is 25.8 Å². The summed E-state index contributed by atoms with van der Waals surface area (Å²) in [5.74, 6) is 0.245. The van der Waals surface area contributed by atoms with Crippen LogP contribution in [0, 0.1) is 0 Å². The lowest BCUT2D eigenvalue weighted by Gasteiger charge is -2.12. The zero-order valence-electron chi connectivity index (χ0n) is 16.9. The number of amides is 1. The molecule has 0 fully saturated rings. The van der Waals surface area contributed by atoms with Gasteiger partial charge in [0.2, 0.25) is 0 Å². The average Bonchev–Trinajstić information content (AvgIpc) is 3.20. The Morgan fingerprint density at radius 3 is 2.45 bits per heavy atom. The quantitative estimate of drug-likeness (QED) is 0.482. The summed E-state index contributed by atoms with van der Waals surface area (Å²) in [6.07, 6.45) is 1.56. The molecule has 2 aromatic carbocycles. The van der Waals surface area contributed by atoms with Crippen LogP contribution in [0.1, 0.15) is 12.5 Å². The third-order valence-electron chi connectivity index (χ3n) is 4.12. The average molecular weight is 444 g/mol. The van der Waals surface area contributed by atoms with E-state index in [1.165, 1.54) is 0 Å². The van der Waals surface area contributed by atoms with E-state index in [2.05, 4.69) is 10.4 Å². The first-order chi connectivity index (χ1) is 15.1. The Labute approximate surface area is 184 Å². The summed E-state index contributed by atoms with van der Waals surface area (Å²) in [5, 5.41) is 7.46. The topological polar surface area (TPSA) is 91.7 Å². The second kappa shape index (κ2) is 11.0. The molecule has 1 amide bonds. The number of halogens is 1. The van der Waals surface area contributed by atoms with Crippen LogP contribution in [0.5, 0.6) is 11.5 Å². The molecule has 9 heteroatoms. The number of anilines is 1. The molecule has 0 bridgehead atoms. The smallest absolute Gasteiger partial charge is 0.344 e. The Morgan fingerprint density at radius 2 is 1.71 bits per heavy atom. The molecule has 162 valence electrons. The maximum absolute atomic E-state index is 12.2. The maximum Gasteiger partial charge on any atom is 0.344 e. The summed E-state index contributed by atoms with van der Waals surface area (Å²) in [5.41, 5.74) is 0.860. The van der Waals surface area contributed by atoms with E-state index in [9.17, 15) is 9.59 Å². The Kier molecular flexibility index (Phi) is 7.89. The number of hydrogen-bond donors (Lipinski definition) is 1. The molecule has 3 rings (SSSR count). The normalized spacial score (nSPS) is 10.4. The van der Waals surface area contributed by atoms with Gasteiger partial charge in [0.05, 0.1) is 19.3 Å². The second-order valence-corrected chi connectivity index (χ2v) is 6.75. The number of carbonyl (C=O) groups is 2. The monoisotopic (exact) mass is 443 g/mol. The van der Waals surface area contributed by atoms with Crippen LogP contribution in [0.25, 0.3) is 0 Å². The van der Waals surface area contributed by atoms with Crippen LogP contribution in [0.2, 0.25) is 5.02 Å². The van der Waals surface area contributed by atoms with Crippen LogP contribution in [0.15, 0.2) is 60.8 Å². The van der Waals surface area contributed by atoms with Gasteiger partial charge in [-0.2, -0.15) is 5.10 Å². The number of ether oxygens (including phenoxy) is 3. The highest BCUT2D eigenvalue weighted by Crippen LogP contribution is 2.26. The predicted molar refractivity (Wildman–Crippen MR) is 115 cm³/mol. The highest BCUT2D eigenvalue weighted by Gasteiger charge is 2.13. The van der Waals surface area contributed by atoms with Gasteiger partial charge in [0.25, 0.3) is 5.91 Å². The number of hydrogen-bond acceptors (Lipinski definition) is 6. The maximum atomic E-state index is 12.2. The first-order valence-electron chi connectivity index (χ1n) is 9.62. The number of esters is 1. The first kappa shape index (κ1) is 22.2. The molecule has 0 spiro atoms. The summed E-state index contributed by atoms with van der Waals surface area (Å²) in [6.45, 7) is 1.91. The molecule has 0 aliphatic rings. The molecular weight excluding hydrogens is 422 g/mol. The fraction of sp³-hybridized carbons (Fsp3) is 0.227. The Morgan fingerprint density at radius 1 is 1.00 bits per heavy atom. The Bertz CT molecular complexity index is 1040. The van der Waals surface area contributed by atoms with Crippen LogP contribution in [0.3, 0.4) is 0 Å². The predicted octanol–water partition coefficient (Wildman–Crippen LogP) is 3.54. The van der Waals surface area contributed by atoms with Crippen molar-refractivity contribution in [3.63, 3.8) is 0 Å². The highest BCUT2D eigenvalue weighted by molar-refractivity contribution is 6.31. The number of rotatable bonds is 10. The number of nitrogens with one attached hydrogen (secondary N) is 1. The molecule has 3 aromatic rings. The summed E-state index contributed by atoms with van der Waals surface area (Å²) < 4.78 is 17.4. The Hall–Kier alpha value is -3.52. The van der Waals surface area contributed by atoms with Gasteiger partial charge < -0.3 is 19.5 Å². The molecule has 0 atom stereocenters. The summed E-state index contributed by atoms with van der Waals surface area (Å²) >= 11 is 6.18. The van der Waals surface area contributed by atoms with Gasteiger partial charge in [-0.25, -0.2) is 9.48 Å². The zero-order valence-corrected chi connectivity index (χ0v) is 17.7. The number of nitrogens with zero attached hydrogens (tertiary/aromatic N) is 2. The fourth-order valence-corrected chi connectivity index (χ4v) is 2.90. The minimum atomic E-state index is -0.675. The molecule has 0 saturated heterocycles. The summed E-state index contributed by atoms with van der Waals surface area (Å²) in [4.78, 5) is 24.1. The lowest BCUT2D eigenvalue weighted by Crippen LogP contribution is -2.25. The number of para-hydroxylation sites is 2. The van der Waals surface area contributed by atoms with E-state index in [0.29, 0.717) is 35.5 Å². The van der Waals surface area contributed by atoms with Crippen molar-refractivity contribution < 1.29 is 23.8 Å². The SMILES string of the molecule is CCOc1ccccc1OCC(=O)OCC(=O)Nc1ccnn1Cc1ccccc1Cl. The van der Waals surface area contributed by atoms with Crippen molar-refractivity contribution in [2.45, 2.75) is 13.5 Å². The van der Waals surface area contributed by atoms with Gasteiger partial charge in [0.1, 0.15) is 5.82 Å². The fourth-order valence-electron chi connectivity index (χ4n) is 2.70. The van der Waals surface area contributed by atoms with E-state index >= 15 is 0 Å². The van der Waals surface area contributed by atoms with Gasteiger partial charge in [-0.15, -0.1) is 0 Å². The lowest BCUT2D eigenvalue weighted by molar-refractivity contribution is -0.149. The molecule has 1 N–H and O–H groups in total. The van der Waals surface area contributed by atoms with E-state index < -0.39 is 18.5 Å². The van der Waals surface area contributed by atoms with Gasteiger partial charge in [-0.05, 0) is 30.7 Å². The van der Waals surface area contributed by atoms with Crippen LogP contribution in [-0.2, 0) is 20.9 Å². The standard InChI is InChI=1S/C22H22ClN3O5/c1-2-29-18-9-5-6-10-19(18)30-15-22(28)31-14-21(27)25-20-11-12-24-26(20)13-16-7-3-4-8-17(16)23/h3-12H,2,13-15H2,1H3,(H,25,27). The third-order valence-corrected chi connectivity index (χ3v) is 4.49. The minimum Gasteiger partial charge on any atom is -0.490 e. The van der Waals surface area contributed by atoms with Crippen LogP contribution < -0.4 is 14.8 Å². The molecule has 0 radical (unpaired) electrons. The number of carbonyl (C=O) groups excluding carboxylic acids is 2. The van der Waals surface area contributed by atoms with Gasteiger partial charge in [-0.3, -0.25) is 4.79 Å². The van der Waals surface area contributed by atoms with Crippen LogP contribution in [-0.4, -0.2) is 41.5 Å². The lowest BCUT2D eigenvalue weighted by atomic mass is 10.2. The van der Waals surface area contributed by atoms with E-state index in [1.54, 1.807) is 47.3 Å². The molecular formula is C22H22ClN3O5. The first-order valence-corrected chi connectivity index (χ1v) is 10.00. The van der Waals surface area contributed by atoms with Gasteiger partial charge >= 0.3 is 5.97 Å². The molecule has 31 heavy (non-hydrogen) atoms. The van der Waals surface area contributed by atoms with Gasteiger partial charge in [-0.1, -0.05) is 41.9 Å². The molecule has 0 unspecified atom stereocenters. The van der Waals surface area contributed by atoms with Crippen molar-refractivity contribution in [1.29, 1.82) is 0 Å². The van der Waals surface area contributed by atoms with Gasteiger partial charge in [0, 0.05) is 11.1 Å². The third kappa shape index (κ3) is 6.48. The van der Waals surface area contributed by atoms with Crippen molar-refractivity contribution in [2.75, 3.05) is 25.1 Å². The second-order valence-electron chi connectivity index (χ2n) is 6.34. The van der Waals surface area contributed by atoms with Crippen LogP contribution in [0.4, 0.5) is 5.82 Å². The van der Waals surface area contributed by atoms with Crippen molar-refractivity contribution in [3.8, 4) is 11.5 Å². The number of benzene rings is 2. The molecule has 8 nitrogen and oxygen atoms in total. The van der Waals surface area contributed by atoms with Crippen molar-refractivity contribution >= 4 is 29.3 Å². The molecule has 1 heterocycles. The minimum absolute atomic E-state index is 0.345. The van der Waals surface area contributed by atoms with Gasteiger partial charge in [0.15, 0.2) is 24.7 Å². The Balaban J connectivity index is 1.47. The molecule has 0 saturated carbocycles. The molecule has 0 aliphatic carbocycles. The van der Waals surface area contributed by atoms with Crippen molar-refractivity contribution in [3.05, 3.63) is 71.4 Å². The van der Waals surface area contributed by atoms with Crippen LogP contribution >= 0.6 is 11.6 Å². The summed E-state index contributed by atoms with van der Waals surface area (Å²) in [6, 6.07) is 16.0. The highest BCUT2D eigenvalue weighted by atomic mass is 35.5. The largest absolute Gasteiger partial charge is 0.490 e. The zero-order chi connectivity index (χ0) is 22.1. The van der Waals surface area contributed by atoms with Crippen molar-refractivity contribution in [1.82, 2.24) is 9.78 Å². The molecule has 0 aliphatic heterocycles. The molecule has 1 aromatic heterocycles. The van der Waals surface area contributed by atoms with E-state index in [1.807, 2.05) is 25.1 Å². The number of aromatic nitrogens is 2. The summed E-state index contributed by atoms with van der Waals surface area (Å²) in [7, 11) is 0. The van der Waals surface area contributed by atoms with Crippen molar-refractivity contribution in [2.24, 2.45) is 0 Å². The van der Waals surface area contributed by atoms with E-state index in [-0.39, 0.29) is 6.61 Å².